The molecule has 0 aliphatic heterocycles. The summed E-state index contributed by atoms with van der Waals surface area (Å²) in [6.07, 6.45) is 4.42. The van der Waals surface area contributed by atoms with Gasteiger partial charge in [-0.25, -0.2) is 9.13 Å². The second-order valence-corrected chi connectivity index (χ2v) is 10.5. The Morgan fingerprint density at radius 3 is 1.54 bits per heavy atom. The van der Waals surface area contributed by atoms with Crippen LogP contribution in [0.4, 0.5) is 0 Å². The molecule has 2 unspecified atom stereocenters. The van der Waals surface area contributed by atoms with Crippen LogP contribution in [0, 0.1) is 0 Å². The summed E-state index contributed by atoms with van der Waals surface area (Å²) in [6, 6.07) is 13.4. The van der Waals surface area contributed by atoms with E-state index in [1.807, 2.05) is 13.8 Å². The molecule has 0 aromatic heterocycles. The fourth-order valence-electron chi connectivity index (χ4n) is 2.14. The van der Waals surface area contributed by atoms with Crippen molar-refractivity contribution in [3.8, 4) is 11.5 Å². The minimum absolute atomic E-state index is 0.207. The molecular weight excluding hydrogens is 561 g/mol. The molecule has 2 aromatic carbocycles. The van der Waals surface area contributed by atoms with Gasteiger partial charge in [0.15, 0.2) is 0 Å². The van der Waals surface area contributed by atoms with Gasteiger partial charge >= 0.3 is 15.6 Å². The molecule has 0 amide bonds. The van der Waals surface area contributed by atoms with Gasteiger partial charge in [-0.05, 0) is 44.0 Å². The topological polar surface area (TPSA) is 89.5 Å². The van der Waals surface area contributed by atoms with E-state index in [1.165, 1.54) is 7.11 Å². The minimum Gasteiger partial charge on any atom is -0.402 e. The van der Waals surface area contributed by atoms with E-state index in [0.717, 1.165) is 0 Å². The standard InChI is InChI=1S/C12H16ClO4P.C11H14ClO4P.C2H6/c1-3-5-10-16-18(14,15-4-2)17-12-9-7-6-8-11(12)13;1-3-4-9-15-17(13,14-2)16-11-8-6-5-7-10(11)12;1-2/h3,6-9H,1,4-5,10H2,2H3;3,5-8H,1,4,9H2,2H3;1-2H3. The molecule has 8 nitrogen and oxygen atoms in total. The van der Waals surface area contributed by atoms with Gasteiger partial charge in [0.05, 0.1) is 29.9 Å². The molecule has 0 N–H and O–H groups in total. The van der Waals surface area contributed by atoms with Crippen molar-refractivity contribution in [3.63, 3.8) is 0 Å². The lowest BCUT2D eigenvalue weighted by atomic mass is 10.3. The van der Waals surface area contributed by atoms with Crippen molar-refractivity contribution in [1.82, 2.24) is 0 Å². The van der Waals surface area contributed by atoms with Gasteiger partial charge < -0.3 is 9.05 Å². The average molecular weight is 597 g/mol. The number of para-hydroxylation sites is 2. The van der Waals surface area contributed by atoms with E-state index < -0.39 is 15.6 Å². The van der Waals surface area contributed by atoms with E-state index in [2.05, 4.69) is 13.2 Å². The molecule has 0 heterocycles. The Labute approximate surface area is 230 Å². The third-order valence-corrected chi connectivity index (χ3v) is 7.23. The van der Waals surface area contributed by atoms with Crippen molar-refractivity contribution in [1.29, 1.82) is 0 Å². The normalized spacial score (nSPS) is 13.4. The molecular formula is C25H36Cl2O8P2. The first-order valence-corrected chi connectivity index (χ1v) is 15.2. The molecule has 0 spiro atoms. The number of hydrogen-bond acceptors (Lipinski definition) is 8. The highest BCUT2D eigenvalue weighted by molar-refractivity contribution is 7.49. The van der Waals surface area contributed by atoms with Crippen LogP contribution in [0.1, 0.15) is 33.6 Å². The van der Waals surface area contributed by atoms with Crippen LogP contribution in [0.25, 0.3) is 0 Å². The first-order chi connectivity index (χ1) is 17.7. The zero-order valence-electron chi connectivity index (χ0n) is 21.6. The molecule has 0 radical (unpaired) electrons. The van der Waals surface area contributed by atoms with E-state index in [1.54, 1.807) is 67.6 Å². The molecule has 0 aliphatic carbocycles. The molecule has 0 fully saturated rings. The number of benzene rings is 2. The Morgan fingerprint density at radius 1 is 0.757 bits per heavy atom. The number of rotatable bonds is 15. The van der Waals surface area contributed by atoms with Gasteiger partial charge in [-0.2, -0.15) is 0 Å². The van der Waals surface area contributed by atoms with Crippen molar-refractivity contribution in [2.75, 3.05) is 26.9 Å². The summed E-state index contributed by atoms with van der Waals surface area (Å²) >= 11 is 11.8. The summed E-state index contributed by atoms with van der Waals surface area (Å²) in [7, 11) is -5.99. The quantitative estimate of drug-likeness (QED) is 0.114. The van der Waals surface area contributed by atoms with Crippen LogP contribution in [0.3, 0.4) is 0 Å². The number of phosphoric ester groups is 2. The summed E-state index contributed by atoms with van der Waals surface area (Å²) in [5, 5.41) is 0.696. The van der Waals surface area contributed by atoms with Crippen molar-refractivity contribution in [2.45, 2.75) is 33.6 Å². The third kappa shape index (κ3) is 14.8. The second kappa shape index (κ2) is 20.4. The zero-order valence-corrected chi connectivity index (χ0v) is 24.9. The maximum absolute atomic E-state index is 12.3. The lowest BCUT2D eigenvalue weighted by Crippen LogP contribution is -2.03. The lowest BCUT2D eigenvalue weighted by Gasteiger charge is -2.18. The van der Waals surface area contributed by atoms with Crippen LogP contribution < -0.4 is 9.05 Å². The summed E-state index contributed by atoms with van der Waals surface area (Å²) in [4.78, 5) is 0. The van der Waals surface area contributed by atoms with Gasteiger partial charge in [-0.3, -0.25) is 18.1 Å². The van der Waals surface area contributed by atoms with Crippen LogP contribution >= 0.6 is 38.8 Å². The SMILES string of the molecule is C=CCCOP(=O)(OC)Oc1ccccc1Cl.C=CCCOP(=O)(OCC)Oc1ccccc1Cl.CC. The van der Waals surface area contributed by atoms with Crippen LogP contribution in [-0.4, -0.2) is 26.9 Å². The highest BCUT2D eigenvalue weighted by Crippen LogP contribution is 2.51. The number of halogens is 2. The molecule has 0 saturated heterocycles. The van der Waals surface area contributed by atoms with E-state index in [-0.39, 0.29) is 31.3 Å². The molecule has 2 rings (SSSR count). The van der Waals surface area contributed by atoms with Gasteiger partial charge in [0.2, 0.25) is 0 Å². The first-order valence-electron chi connectivity index (χ1n) is 11.5. The summed E-state index contributed by atoms with van der Waals surface area (Å²) in [5.74, 6) is 0.535. The Kier molecular flexibility index (Phi) is 19.5. The summed E-state index contributed by atoms with van der Waals surface area (Å²) < 4.78 is 54.7. The molecule has 2 atom stereocenters. The summed E-state index contributed by atoms with van der Waals surface area (Å²) in [6.45, 7) is 13.4. The molecule has 208 valence electrons. The van der Waals surface area contributed by atoms with Gasteiger partial charge in [0.1, 0.15) is 11.5 Å². The minimum atomic E-state index is -3.63. The van der Waals surface area contributed by atoms with E-state index in [4.69, 9.17) is 50.3 Å². The van der Waals surface area contributed by atoms with Crippen LogP contribution in [0.2, 0.25) is 10.0 Å². The van der Waals surface area contributed by atoms with Crippen LogP contribution in [0.5, 0.6) is 11.5 Å². The van der Waals surface area contributed by atoms with Crippen molar-refractivity contribution < 1.29 is 36.3 Å². The monoisotopic (exact) mass is 596 g/mol. The van der Waals surface area contributed by atoms with E-state index >= 15 is 0 Å². The number of hydrogen-bond donors (Lipinski definition) is 0. The van der Waals surface area contributed by atoms with E-state index in [9.17, 15) is 9.13 Å². The Hall–Kier alpha value is -1.60. The first kappa shape index (κ1) is 35.4. The Morgan fingerprint density at radius 2 is 1.16 bits per heavy atom. The van der Waals surface area contributed by atoms with Crippen molar-refractivity contribution in [3.05, 3.63) is 83.9 Å². The average Bonchev–Trinajstić information content (AvgIpc) is 2.89. The van der Waals surface area contributed by atoms with Crippen LogP contribution in [0.15, 0.2) is 73.8 Å². The van der Waals surface area contributed by atoms with E-state index in [0.29, 0.717) is 22.9 Å². The second-order valence-electron chi connectivity index (χ2n) is 6.36. The smallest absolute Gasteiger partial charge is 0.402 e. The molecule has 12 heteroatoms. The molecule has 0 bridgehead atoms. The highest BCUT2D eigenvalue weighted by Gasteiger charge is 2.29. The fourth-order valence-corrected chi connectivity index (χ4v) is 4.78. The number of phosphoric acid groups is 2. The van der Waals surface area contributed by atoms with Crippen LogP contribution in [-0.2, 0) is 27.2 Å². The van der Waals surface area contributed by atoms with Crippen molar-refractivity contribution in [2.24, 2.45) is 0 Å². The molecule has 0 saturated carbocycles. The predicted octanol–water partition coefficient (Wildman–Crippen LogP) is 9.55. The van der Waals surface area contributed by atoms with Gasteiger partial charge in [-0.15, -0.1) is 13.2 Å². The molecule has 0 aliphatic rings. The molecule has 2 aromatic rings. The predicted molar refractivity (Wildman–Crippen MR) is 151 cm³/mol. The summed E-state index contributed by atoms with van der Waals surface area (Å²) in [5.41, 5.74) is 0. The largest absolute Gasteiger partial charge is 0.530 e. The van der Waals surface area contributed by atoms with Gasteiger partial charge in [0, 0.05) is 7.11 Å². The Balaban J connectivity index is 0.000000657. The highest BCUT2D eigenvalue weighted by atomic mass is 35.5. The maximum Gasteiger partial charge on any atom is 0.530 e. The molecule has 37 heavy (non-hydrogen) atoms. The van der Waals surface area contributed by atoms with Gasteiger partial charge in [0.25, 0.3) is 0 Å². The maximum atomic E-state index is 12.3. The third-order valence-electron chi connectivity index (χ3n) is 3.75. The van der Waals surface area contributed by atoms with Gasteiger partial charge in [-0.1, -0.05) is 73.5 Å². The lowest BCUT2D eigenvalue weighted by molar-refractivity contribution is 0.163. The Bertz CT molecular complexity index is 1020. The zero-order chi connectivity index (χ0) is 28.2. The van der Waals surface area contributed by atoms with Crippen molar-refractivity contribution >= 4 is 38.8 Å². The fraction of sp³-hybridized carbons (Fsp3) is 0.360.